The molecule has 6 heteroatoms. The van der Waals surface area contributed by atoms with Crippen LogP contribution in [0, 0.1) is 5.92 Å². The molecule has 0 bridgehead atoms. The molecule has 1 unspecified atom stereocenters. The van der Waals surface area contributed by atoms with Gasteiger partial charge in [-0.05, 0) is 19.8 Å². The summed E-state index contributed by atoms with van der Waals surface area (Å²) in [6, 6.07) is -0.262. The van der Waals surface area contributed by atoms with Crippen LogP contribution < -0.4 is 10.6 Å². The second kappa shape index (κ2) is 10.4. The van der Waals surface area contributed by atoms with E-state index in [1.54, 1.807) is 6.92 Å². The molecule has 110 valence electrons. The zero-order valence-electron chi connectivity index (χ0n) is 11.7. The van der Waals surface area contributed by atoms with Gasteiger partial charge in [-0.15, -0.1) is 0 Å². The topological polar surface area (TPSA) is 87.7 Å². The highest BCUT2D eigenvalue weighted by Crippen LogP contribution is 2.03. The number of carboxylic acid groups (broad SMARTS) is 1. The van der Waals surface area contributed by atoms with Gasteiger partial charge in [0.2, 0.25) is 0 Å². The van der Waals surface area contributed by atoms with Crippen LogP contribution in [-0.4, -0.2) is 43.4 Å². The van der Waals surface area contributed by atoms with E-state index in [1.807, 2.05) is 6.92 Å². The second-order valence-electron chi connectivity index (χ2n) is 4.57. The summed E-state index contributed by atoms with van der Waals surface area (Å²) in [5, 5.41) is 14.0. The SMILES string of the molecule is C=C(C)COCCNC(=O)NCCCC(C)C(=O)O. The van der Waals surface area contributed by atoms with Gasteiger partial charge in [0.15, 0.2) is 0 Å². The number of amides is 2. The number of aliphatic carboxylic acids is 1. The van der Waals surface area contributed by atoms with Gasteiger partial charge < -0.3 is 20.5 Å². The number of ether oxygens (including phenoxy) is 1. The van der Waals surface area contributed by atoms with Crippen molar-refractivity contribution in [2.75, 3.05) is 26.3 Å². The molecule has 2 amide bonds. The van der Waals surface area contributed by atoms with Gasteiger partial charge in [-0.2, -0.15) is 0 Å². The van der Waals surface area contributed by atoms with Crippen LogP contribution in [0.2, 0.25) is 0 Å². The molecule has 19 heavy (non-hydrogen) atoms. The lowest BCUT2D eigenvalue weighted by molar-refractivity contribution is -0.141. The van der Waals surface area contributed by atoms with Crippen molar-refractivity contribution in [2.45, 2.75) is 26.7 Å². The molecule has 0 fully saturated rings. The molecular weight excluding hydrogens is 248 g/mol. The molecule has 0 aliphatic heterocycles. The highest BCUT2D eigenvalue weighted by molar-refractivity contribution is 5.73. The van der Waals surface area contributed by atoms with Crippen LogP contribution in [0.25, 0.3) is 0 Å². The van der Waals surface area contributed by atoms with E-state index in [2.05, 4.69) is 17.2 Å². The zero-order valence-corrected chi connectivity index (χ0v) is 11.7. The summed E-state index contributed by atoms with van der Waals surface area (Å²) in [5.41, 5.74) is 0.942. The summed E-state index contributed by atoms with van der Waals surface area (Å²) < 4.78 is 5.22. The Morgan fingerprint density at radius 1 is 1.32 bits per heavy atom. The zero-order chi connectivity index (χ0) is 14.7. The van der Waals surface area contributed by atoms with E-state index >= 15 is 0 Å². The van der Waals surface area contributed by atoms with E-state index in [-0.39, 0.29) is 11.9 Å². The van der Waals surface area contributed by atoms with Crippen molar-refractivity contribution in [1.82, 2.24) is 10.6 Å². The molecule has 0 aliphatic rings. The number of nitrogens with one attached hydrogen (secondary N) is 2. The lowest BCUT2D eigenvalue weighted by atomic mass is 10.1. The monoisotopic (exact) mass is 272 g/mol. The third kappa shape index (κ3) is 11.3. The van der Waals surface area contributed by atoms with Crippen LogP contribution in [0.3, 0.4) is 0 Å². The van der Waals surface area contributed by atoms with E-state index in [4.69, 9.17) is 9.84 Å². The van der Waals surface area contributed by atoms with Crippen molar-refractivity contribution in [3.05, 3.63) is 12.2 Å². The maximum atomic E-state index is 11.3. The van der Waals surface area contributed by atoms with Crippen molar-refractivity contribution in [1.29, 1.82) is 0 Å². The van der Waals surface area contributed by atoms with Crippen molar-refractivity contribution in [2.24, 2.45) is 5.92 Å². The number of carbonyl (C=O) groups is 2. The Morgan fingerprint density at radius 2 is 1.95 bits per heavy atom. The lowest BCUT2D eigenvalue weighted by Gasteiger charge is -2.09. The molecule has 0 aromatic rings. The first-order valence-electron chi connectivity index (χ1n) is 6.40. The first kappa shape index (κ1) is 17.4. The Kier molecular flexibility index (Phi) is 9.52. The van der Waals surface area contributed by atoms with E-state index < -0.39 is 5.97 Å². The van der Waals surface area contributed by atoms with Crippen molar-refractivity contribution in [3.8, 4) is 0 Å². The predicted molar refractivity (Wildman–Crippen MR) is 73.1 cm³/mol. The molecule has 0 saturated carbocycles. The molecule has 6 nitrogen and oxygen atoms in total. The summed E-state index contributed by atoms with van der Waals surface area (Å²) in [7, 11) is 0. The highest BCUT2D eigenvalue weighted by Gasteiger charge is 2.09. The van der Waals surface area contributed by atoms with Crippen molar-refractivity contribution < 1.29 is 19.4 Å². The number of carboxylic acids is 1. The Labute approximate surface area is 114 Å². The van der Waals surface area contributed by atoms with Gasteiger partial charge >= 0.3 is 12.0 Å². The molecule has 0 spiro atoms. The van der Waals surface area contributed by atoms with Gasteiger partial charge in [-0.1, -0.05) is 19.1 Å². The molecule has 0 saturated heterocycles. The van der Waals surface area contributed by atoms with E-state index in [0.29, 0.717) is 39.1 Å². The molecule has 0 heterocycles. The normalized spacial score (nSPS) is 11.7. The van der Waals surface area contributed by atoms with Crippen LogP contribution in [0.1, 0.15) is 26.7 Å². The average Bonchev–Trinajstić information content (AvgIpc) is 2.33. The smallest absolute Gasteiger partial charge is 0.314 e. The van der Waals surface area contributed by atoms with Gasteiger partial charge in [0.25, 0.3) is 0 Å². The quantitative estimate of drug-likeness (QED) is 0.414. The highest BCUT2D eigenvalue weighted by atomic mass is 16.5. The number of carbonyl (C=O) groups excluding carboxylic acids is 1. The molecule has 0 radical (unpaired) electrons. The summed E-state index contributed by atoms with van der Waals surface area (Å²) in [6.45, 7) is 9.07. The van der Waals surface area contributed by atoms with Crippen LogP contribution in [0.5, 0.6) is 0 Å². The predicted octanol–water partition coefficient (Wildman–Crippen LogP) is 1.38. The molecular formula is C13H24N2O4. The van der Waals surface area contributed by atoms with Crippen LogP contribution in [0.4, 0.5) is 4.79 Å². The summed E-state index contributed by atoms with van der Waals surface area (Å²) in [5.74, 6) is -1.18. The summed E-state index contributed by atoms with van der Waals surface area (Å²) in [6.07, 6.45) is 1.20. The van der Waals surface area contributed by atoms with Gasteiger partial charge in [0.05, 0.1) is 19.1 Å². The number of hydrogen-bond donors (Lipinski definition) is 3. The van der Waals surface area contributed by atoms with E-state index in [1.165, 1.54) is 0 Å². The third-order valence-corrected chi connectivity index (χ3v) is 2.40. The van der Waals surface area contributed by atoms with Crippen molar-refractivity contribution >= 4 is 12.0 Å². The minimum Gasteiger partial charge on any atom is -0.481 e. The molecule has 1 atom stereocenters. The molecule has 0 aromatic heterocycles. The minimum atomic E-state index is -0.806. The number of urea groups is 1. The average molecular weight is 272 g/mol. The number of hydrogen-bond acceptors (Lipinski definition) is 3. The first-order chi connectivity index (χ1) is 8.93. The molecule has 0 aliphatic carbocycles. The number of rotatable bonds is 10. The Morgan fingerprint density at radius 3 is 2.53 bits per heavy atom. The van der Waals surface area contributed by atoms with Crippen LogP contribution in [0.15, 0.2) is 12.2 Å². The van der Waals surface area contributed by atoms with Gasteiger partial charge in [0, 0.05) is 13.1 Å². The fourth-order valence-electron chi connectivity index (χ4n) is 1.28. The Bertz CT molecular complexity index is 305. The maximum Gasteiger partial charge on any atom is 0.314 e. The van der Waals surface area contributed by atoms with Crippen molar-refractivity contribution in [3.63, 3.8) is 0 Å². The van der Waals surface area contributed by atoms with Crippen LogP contribution >= 0.6 is 0 Å². The minimum absolute atomic E-state index is 0.262. The maximum absolute atomic E-state index is 11.3. The molecule has 0 aromatic carbocycles. The van der Waals surface area contributed by atoms with Crippen LogP contribution in [-0.2, 0) is 9.53 Å². The fraction of sp³-hybridized carbons (Fsp3) is 0.692. The molecule has 0 rings (SSSR count). The van der Waals surface area contributed by atoms with E-state index in [9.17, 15) is 9.59 Å². The summed E-state index contributed by atoms with van der Waals surface area (Å²) >= 11 is 0. The molecule has 3 N–H and O–H groups in total. The lowest BCUT2D eigenvalue weighted by Crippen LogP contribution is -2.38. The standard InChI is InChI=1S/C13H24N2O4/c1-10(2)9-19-8-7-15-13(18)14-6-4-5-11(3)12(16)17/h11H,1,4-9H2,2-3H3,(H,16,17)(H2,14,15,18). The third-order valence-electron chi connectivity index (χ3n) is 2.40. The van der Waals surface area contributed by atoms with E-state index in [0.717, 1.165) is 5.57 Å². The first-order valence-corrected chi connectivity index (χ1v) is 6.40. The largest absolute Gasteiger partial charge is 0.481 e. The van der Waals surface area contributed by atoms with Gasteiger partial charge in [-0.25, -0.2) is 4.79 Å². The van der Waals surface area contributed by atoms with Gasteiger partial charge in [-0.3, -0.25) is 4.79 Å². The Hall–Kier alpha value is -1.56. The Balaban J connectivity index is 3.40. The second-order valence-corrected chi connectivity index (χ2v) is 4.57. The summed E-state index contributed by atoms with van der Waals surface area (Å²) in [4.78, 5) is 21.9. The fourth-order valence-corrected chi connectivity index (χ4v) is 1.28. The van der Waals surface area contributed by atoms with Gasteiger partial charge in [0.1, 0.15) is 0 Å².